The van der Waals surface area contributed by atoms with Crippen LogP contribution in [0.25, 0.3) is 0 Å². The van der Waals surface area contributed by atoms with Crippen molar-refractivity contribution in [3.63, 3.8) is 0 Å². The minimum atomic E-state index is -1.41. The molecule has 2 rings (SSSR count). The van der Waals surface area contributed by atoms with Crippen LogP contribution in [-0.4, -0.2) is 55.3 Å². The molecule has 2 aromatic rings. The predicted molar refractivity (Wildman–Crippen MR) is 118 cm³/mol. The van der Waals surface area contributed by atoms with E-state index in [2.05, 4.69) is 10.1 Å². The Bertz CT molecular complexity index is 1110. The molecule has 0 radical (unpaired) electrons. The number of hydrogen-bond acceptors (Lipinski definition) is 10. The Morgan fingerprint density at radius 2 is 1.25 bits per heavy atom. The molecule has 196 valence electrons. The maximum atomic E-state index is 13.8. The second-order valence-corrected chi connectivity index (χ2v) is 6.52. The highest BCUT2D eigenvalue weighted by molar-refractivity contribution is 5.92. The molecule has 1 N–H and O–H groups in total. The van der Waals surface area contributed by atoms with Crippen LogP contribution in [0, 0.1) is 37.7 Å². The second-order valence-electron chi connectivity index (χ2n) is 6.52. The maximum absolute atomic E-state index is 13.8. The van der Waals surface area contributed by atoms with Crippen molar-refractivity contribution in [1.29, 1.82) is 0 Å². The van der Waals surface area contributed by atoms with Crippen molar-refractivity contribution in [2.24, 2.45) is 0 Å². The van der Waals surface area contributed by atoms with Crippen LogP contribution in [0.4, 0.5) is 30.2 Å². The number of nitrogens with zero attached hydrogens (tertiary/aromatic N) is 2. The summed E-state index contributed by atoms with van der Waals surface area (Å²) in [6, 6.07) is 3.12. The quantitative estimate of drug-likeness (QED) is 0.211. The zero-order chi connectivity index (χ0) is 27.4. The van der Waals surface area contributed by atoms with Gasteiger partial charge in [0.2, 0.25) is 17.5 Å². The van der Waals surface area contributed by atoms with Crippen LogP contribution < -0.4 is 5.32 Å². The van der Waals surface area contributed by atoms with E-state index < -0.39 is 56.2 Å². The second kappa shape index (κ2) is 14.2. The van der Waals surface area contributed by atoms with E-state index >= 15 is 0 Å². The fourth-order valence-corrected chi connectivity index (χ4v) is 2.61. The average molecular weight is 517 g/mol. The van der Waals surface area contributed by atoms with E-state index in [9.17, 15) is 43.0 Å². The molecule has 0 unspecified atom stereocenters. The summed E-state index contributed by atoms with van der Waals surface area (Å²) in [5.41, 5.74) is -2.57. The van der Waals surface area contributed by atoms with Crippen molar-refractivity contribution < 1.29 is 46.8 Å². The van der Waals surface area contributed by atoms with Crippen molar-refractivity contribution in [2.75, 3.05) is 38.8 Å². The molecule has 0 atom stereocenters. The van der Waals surface area contributed by atoms with E-state index in [0.717, 1.165) is 6.07 Å². The van der Waals surface area contributed by atoms with E-state index in [4.69, 9.17) is 9.47 Å². The monoisotopic (exact) mass is 517 g/mol. The molecule has 0 heterocycles. The van der Waals surface area contributed by atoms with Gasteiger partial charge in [-0.05, 0) is 38.1 Å². The van der Waals surface area contributed by atoms with Crippen molar-refractivity contribution in [3.05, 3.63) is 73.1 Å². The van der Waals surface area contributed by atoms with Crippen molar-refractivity contribution in [1.82, 2.24) is 0 Å². The number of nitro benzene ring substituents is 2. The first-order valence-corrected chi connectivity index (χ1v) is 10.2. The molecule has 0 saturated heterocycles. The normalized spacial score (nSPS) is 10.1. The number of benzene rings is 2. The van der Waals surface area contributed by atoms with Gasteiger partial charge in [0.1, 0.15) is 5.69 Å². The molecule has 0 aliphatic heterocycles. The first-order valence-electron chi connectivity index (χ1n) is 10.2. The van der Waals surface area contributed by atoms with Crippen molar-refractivity contribution in [2.45, 2.75) is 13.8 Å². The topological polar surface area (TPSA) is 160 Å². The molecule has 0 bridgehead atoms. The van der Waals surface area contributed by atoms with E-state index in [0.29, 0.717) is 12.1 Å². The molecule has 0 fully saturated rings. The smallest absolute Gasteiger partial charge is 0.340 e. The van der Waals surface area contributed by atoms with Gasteiger partial charge in [-0.2, -0.15) is 13.2 Å². The highest BCUT2D eigenvalue weighted by atomic mass is 19.1. The number of esters is 2. The number of nitrogens with one attached hydrogen (secondary N) is 1. The zero-order valence-electron chi connectivity index (χ0n) is 19.3. The van der Waals surface area contributed by atoms with Gasteiger partial charge in [-0.1, -0.05) is 0 Å². The van der Waals surface area contributed by atoms with Gasteiger partial charge in [-0.3, -0.25) is 20.2 Å². The molecule has 0 saturated carbocycles. The van der Waals surface area contributed by atoms with Crippen LogP contribution in [0.15, 0.2) is 24.3 Å². The molecule has 0 aliphatic rings. The largest absolute Gasteiger partial charge is 0.462 e. The Balaban J connectivity index is 0.000000369. The summed E-state index contributed by atoms with van der Waals surface area (Å²) in [6.45, 7) is 3.82. The summed E-state index contributed by atoms with van der Waals surface area (Å²) in [6.07, 6.45) is 0. The molecule has 0 spiro atoms. The first kappa shape index (κ1) is 29.8. The van der Waals surface area contributed by atoms with Gasteiger partial charge in [-0.25, -0.2) is 9.59 Å². The van der Waals surface area contributed by atoms with Gasteiger partial charge in [0.15, 0.2) is 0 Å². The van der Waals surface area contributed by atoms with Gasteiger partial charge in [0.05, 0.1) is 40.8 Å². The Morgan fingerprint density at radius 3 is 1.64 bits per heavy atom. The van der Waals surface area contributed by atoms with Gasteiger partial charge in [0.25, 0.3) is 0 Å². The lowest BCUT2D eigenvalue weighted by molar-refractivity contribution is -0.390. The number of carbonyl (C=O) groups excluding carboxylic acids is 2. The minimum Gasteiger partial charge on any atom is -0.462 e. The molecular formula is C21H22F3N3O9. The Labute approximate surface area is 202 Å². The van der Waals surface area contributed by atoms with Crippen LogP contribution in [0.2, 0.25) is 0 Å². The summed E-state index contributed by atoms with van der Waals surface area (Å²) in [7, 11) is 1.46. The van der Waals surface area contributed by atoms with Gasteiger partial charge in [-0.15, -0.1) is 0 Å². The van der Waals surface area contributed by atoms with Crippen LogP contribution in [0.3, 0.4) is 0 Å². The van der Waals surface area contributed by atoms with Crippen LogP contribution >= 0.6 is 0 Å². The van der Waals surface area contributed by atoms with Gasteiger partial charge < -0.3 is 19.5 Å². The molecule has 0 aromatic heterocycles. The van der Waals surface area contributed by atoms with E-state index in [1.54, 1.807) is 6.92 Å². The minimum absolute atomic E-state index is 0.0407. The predicted octanol–water partition coefficient (Wildman–Crippen LogP) is 4.02. The molecule has 0 amide bonds. The van der Waals surface area contributed by atoms with Crippen molar-refractivity contribution in [3.8, 4) is 0 Å². The number of anilines is 1. The molecule has 36 heavy (non-hydrogen) atoms. The number of ether oxygens (including phenoxy) is 3. The molecule has 15 heteroatoms. The number of rotatable bonds is 10. The average Bonchev–Trinajstić information content (AvgIpc) is 2.78. The highest BCUT2D eigenvalue weighted by Crippen LogP contribution is 2.29. The summed E-state index contributed by atoms with van der Waals surface area (Å²) in [4.78, 5) is 41.7. The lowest BCUT2D eigenvalue weighted by atomic mass is 10.1. The summed E-state index contributed by atoms with van der Waals surface area (Å²) >= 11 is 0. The number of halogens is 3. The fraction of sp³-hybridized carbons (Fsp3) is 0.333. The van der Waals surface area contributed by atoms with E-state index in [-0.39, 0.29) is 37.6 Å². The van der Waals surface area contributed by atoms with Crippen LogP contribution in [0.1, 0.15) is 34.6 Å². The van der Waals surface area contributed by atoms with Gasteiger partial charge in [0, 0.05) is 13.7 Å². The Kier molecular flexibility index (Phi) is 11.7. The lowest BCUT2D eigenvalue weighted by Gasteiger charge is -2.09. The fourth-order valence-electron chi connectivity index (χ4n) is 2.61. The third-order valence-corrected chi connectivity index (χ3v) is 4.09. The molecule has 2 aromatic carbocycles. The molecule has 12 nitrogen and oxygen atoms in total. The molecule has 0 aliphatic carbocycles. The third kappa shape index (κ3) is 8.19. The molecular weight excluding hydrogens is 495 g/mol. The Hall–Kier alpha value is -4.27. The van der Waals surface area contributed by atoms with Crippen LogP contribution in [0.5, 0.6) is 0 Å². The number of methoxy groups -OCH3 is 1. The summed E-state index contributed by atoms with van der Waals surface area (Å²) in [5.74, 6) is -5.59. The van der Waals surface area contributed by atoms with Crippen LogP contribution in [-0.2, 0) is 14.2 Å². The first-order chi connectivity index (χ1) is 17.0. The van der Waals surface area contributed by atoms with Crippen molar-refractivity contribution >= 4 is 29.0 Å². The van der Waals surface area contributed by atoms with Gasteiger partial charge >= 0.3 is 23.3 Å². The SMILES string of the molecule is CCOC(=O)c1cc(F)c([N+](=O)[O-])c(F)c1.CCOC(=O)c1cc(F)c([N+](=O)[O-])c(NCCOC)c1. The summed E-state index contributed by atoms with van der Waals surface area (Å²) in [5, 5.41) is 23.8. The lowest BCUT2D eigenvalue weighted by Crippen LogP contribution is -2.12. The Morgan fingerprint density at radius 1 is 0.833 bits per heavy atom. The highest BCUT2D eigenvalue weighted by Gasteiger charge is 2.25. The third-order valence-electron chi connectivity index (χ3n) is 4.09. The number of carbonyl (C=O) groups is 2. The number of hydrogen-bond donors (Lipinski definition) is 1. The zero-order valence-corrected chi connectivity index (χ0v) is 19.3. The van der Waals surface area contributed by atoms with E-state index in [1.807, 2.05) is 0 Å². The summed E-state index contributed by atoms with van der Waals surface area (Å²) < 4.78 is 53.9. The number of nitro groups is 2. The standard InChI is InChI=1S/C12H15FN2O5.C9H7F2NO4/c1-3-20-12(16)8-6-9(13)11(15(17)18)10(7-8)14-4-5-19-2;1-2-16-9(13)5-3-6(10)8(12(14)15)7(11)4-5/h6-7,14H,3-5H2,1-2H3;3-4H,2H2,1H3. The maximum Gasteiger partial charge on any atom is 0.340 e. The van der Waals surface area contributed by atoms with E-state index in [1.165, 1.54) is 20.1 Å².